The summed E-state index contributed by atoms with van der Waals surface area (Å²) in [6.07, 6.45) is 7.74. The van der Waals surface area contributed by atoms with Crippen molar-refractivity contribution < 1.29 is 8.78 Å². The zero-order valence-electron chi connectivity index (χ0n) is 19.5. The molecular formula is C28H36F2N2. The van der Waals surface area contributed by atoms with Crippen LogP contribution >= 0.6 is 0 Å². The highest BCUT2D eigenvalue weighted by molar-refractivity contribution is 5.35. The Bertz CT molecular complexity index is 888. The maximum Gasteiger partial charge on any atom is 0.159 e. The van der Waals surface area contributed by atoms with Crippen molar-refractivity contribution in [2.75, 3.05) is 13.1 Å². The smallest absolute Gasteiger partial charge is 0.159 e. The fraction of sp³-hybridized carbons (Fsp3) is 0.536. The third-order valence-electron chi connectivity index (χ3n) is 7.34. The maximum absolute atomic E-state index is 14.1. The highest BCUT2D eigenvalue weighted by Crippen LogP contribution is 2.47. The minimum Gasteiger partial charge on any atom is -0.300 e. The van der Waals surface area contributed by atoms with E-state index >= 15 is 0 Å². The van der Waals surface area contributed by atoms with Gasteiger partial charge in [0.25, 0.3) is 0 Å². The lowest BCUT2D eigenvalue weighted by Gasteiger charge is -2.42. The van der Waals surface area contributed by atoms with Crippen molar-refractivity contribution in [1.82, 2.24) is 4.90 Å². The van der Waals surface area contributed by atoms with Gasteiger partial charge in [-0.2, -0.15) is 5.26 Å². The van der Waals surface area contributed by atoms with Gasteiger partial charge < -0.3 is 4.90 Å². The Labute approximate surface area is 192 Å². The number of benzene rings is 2. The van der Waals surface area contributed by atoms with Crippen LogP contribution in [0.5, 0.6) is 0 Å². The van der Waals surface area contributed by atoms with Crippen LogP contribution in [0.3, 0.4) is 0 Å². The number of hydrogen-bond donors (Lipinski definition) is 0. The van der Waals surface area contributed by atoms with E-state index in [2.05, 4.69) is 49.1 Å². The van der Waals surface area contributed by atoms with E-state index in [-0.39, 0.29) is 5.92 Å². The third kappa shape index (κ3) is 5.56. The predicted octanol–water partition coefficient (Wildman–Crippen LogP) is 7.04. The van der Waals surface area contributed by atoms with Crippen molar-refractivity contribution in [1.29, 1.82) is 5.26 Å². The summed E-state index contributed by atoms with van der Waals surface area (Å²) in [7, 11) is 0. The number of nitriles is 1. The molecule has 0 heterocycles. The summed E-state index contributed by atoms with van der Waals surface area (Å²) in [6, 6.07) is 17.6. The van der Waals surface area contributed by atoms with Crippen molar-refractivity contribution >= 4 is 0 Å². The highest BCUT2D eigenvalue weighted by Gasteiger charge is 2.44. The largest absolute Gasteiger partial charge is 0.300 e. The summed E-state index contributed by atoms with van der Waals surface area (Å²) in [5.74, 6) is -1.49. The molecule has 1 fully saturated rings. The fourth-order valence-corrected chi connectivity index (χ4v) is 5.19. The van der Waals surface area contributed by atoms with E-state index in [4.69, 9.17) is 0 Å². The molecule has 0 bridgehead atoms. The molecule has 0 saturated heterocycles. The van der Waals surface area contributed by atoms with E-state index in [0.29, 0.717) is 18.0 Å². The van der Waals surface area contributed by atoms with Gasteiger partial charge in [0.1, 0.15) is 0 Å². The van der Waals surface area contributed by atoms with E-state index < -0.39 is 17.0 Å². The fourth-order valence-electron chi connectivity index (χ4n) is 5.19. The molecule has 4 heteroatoms. The number of hydrogen-bond acceptors (Lipinski definition) is 2. The number of rotatable bonds is 12. The molecule has 32 heavy (non-hydrogen) atoms. The van der Waals surface area contributed by atoms with Gasteiger partial charge >= 0.3 is 0 Å². The van der Waals surface area contributed by atoms with E-state index in [0.717, 1.165) is 58.0 Å². The van der Waals surface area contributed by atoms with Gasteiger partial charge in [-0.25, -0.2) is 8.78 Å². The average molecular weight is 439 g/mol. The Morgan fingerprint density at radius 3 is 2.38 bits per heavy atom. The molecule has 3 rings (SSSR count). The van der Waals surface area contributed by atoms with Gasteiger partial charge in [0.05, 0.1) is 11.5 Å². The van der Waals surface area contributed by atoms with Gasteiger partial charge in [0, 0.05) is 12.6 Å². The molecule has 0 N–H and O–H groups in total. The normalized spacial score (nSPS) is 16.9. The summed E-state index contributed by atoms with van der Waals surface area (Å²) < 4.78 is 27.7. The molecule has 1 aliphatic carbocycles. The van der Waals surface area contributed by atoms with Crippen molar-refractivity contribution in [3.05, 3.63) is 71.3 Å². The van der Waals surface area contributed by atoms with E-state index in [1.54, 1.807) is 6.07 Å². The SMILES string of the molecule is CCCN(CCc1ccccc1)C(CC)CCC(C#N)(c1ccc(F)c(F)c1)C1CCC1. The number of nitrogens with zero attached hydrogens (tertiary/aromatic N) is 2. The molecule has 1 saturated carbocycles. The summed E-state index contributed by atoms with van der Waals surface area (Å²) in [4.78, 5) is 2.56. The van der Waals surface area contributed by atoms with E-state index in [1.165, 1.54) is 17.7 Å². The highest BCUT2D eigenvalue weighted by atomic mass is 19.2. The lowest BCUT2D eigenvalue weighted by Crippen LogP contribution is -2.42. The molecule has 0 amide bonds. The second-order valence-electron chi connectivity index (χ2n) is 9.21. The molecule has 1 aliphatic rings. The zero-order valence-corrected chi connectivity index (χ0v) is 19.5. The van der Waals surface area contributed by atoms with Crippen molar-refractivity contribution in [2.45, 2.75) is 76.7 Å². The van der Waals surface area contributed by atoms with Crippen LogP contribution in [0.2, 0.25) is 0 Å². The lowest BCUT2D eigenvalue weighted by molar-refractivity contribution is 0.147. The standard InChI is InChI=1S/C28H36F2N2/c1-3-18-32(19-16-22-9-6-5-7-10-22)25(4-2)15-17-28(21-31,23-11-8-12-23)24-13-14-26(29)27(30)20-24/h5-7,9-10,13-14,20,23,25H,3-4,8,11-12,15-19H2,1-2H3. The molecule has 0 aliphatic heterocycles. The Morgan fingerprint density at radius 2 is 1.81 bits per heavy atom. The molecular weight excluding hydrogens is 402 g/mol. The van der Waals surface area contributed by atoms with Crippen LogP contribution in [0, 0.1) is 28.9 Å². The number of halogens is 2. The van der Waals surface area contributed by atoms with Gasteiger partial charge in [0.2, 0.25) is 0 Å². The first-order chi connectivity index (χ1) is 15.5. The second-order valence-corrected chi connectivity index (χ2v) is 9.21. The van der Waals surface area contributed by atoms with Crippen LogP contribution in [0.15, 0.2) is 48.5 Å². The molecule has 0 aromatic heterocycles. The van der Waals surface area contributed by atoms with Crippen LogP contribution in [0.1, 0.15) is 69.9 Å². The van der Waals surface area contributed by atoms with Crippen LogP contribution < -0.4 is 0 Å². The topological polar surface area (TPSA) is 27.0 Å². The first-order valence-corrected chi connectivity index (χ1v) is 12.2. The molecule has 2 aromatic carbocycles. The quantitative estimate of drug-likeness (QED) is 0.355. The van der Waals surface area contributed by atoms with Crippen molar-refractivity contribution in [3.8, 4) is 6.07 Å². The van der Waals surface area contributed by atoms with Gasteiger partial charge in [-0.05, 0) is 80.7 Å². The molecule has 172 valence electrons. The minimum atomic E-state index is -0.857. The maximum atomic E-state index is 14.1. The van der Waals surface area contributed by atoms with Crippen molar-refractivity contribution in [3.63, 3.8) is 0 Å². The Hall–Kier alpha value is -2.25. The van der Waals surface area contributed by atoms with Crippen LogP contribution in [-0.4, -0.2) is 24.0 Å². The molecule has 2 aromatic rings. The Balaban J connectivity index is 1.77. The van der Waals surface area contributed by atoms with Crippen LogP contribution in [-0.2, 0) is 11.8 Å². The van der Waals surface area contributed by atoms with E-state index in [1.807, 2.05) is 6.07 Å². The monoisotopic (exact) mass is 438 g/mol. The molecule has 0 spiro atoms. The second kappa shape index (κ2) is 11.6. The summed E-state index contributed by atoms with van der Waals surface area (Å²) >= 11 is 0. The molecule has 2 atom stereocenters. The summed E-state index contributed by atoms with van der Waals surface area (Å²) in [6.45, 7) is 6.44. The summed E-state index contributed by atoms with van der Waals surface area (Å²) in [5.41, 5.74) is 1.24. The van der Waals surface area contributed by atoms with E-state index in [9.17, 15) is 14.0 Å². The van der Waals surface area contributed by atoms with Crippen LogP contribution in [0.4, 0.5) is 8.78 Å². The first-order valence-electron chi connectivity index (χ1n) is 12.2. The average Bonchev–Trinajstić information content (AvgIpc) is 2.78. The molecule has 2 unspecified atom stereocenters. The Morgan fingerprint density at radius 1 is 1.06 bits per heavy atom. The van der Waals surface area contributed by atoms with Crippen molar-refractivity contribution in [2.24, 2.45) is 5.92 Å². The predicted molar refractivity (Wildman–Crippen MR) is 126 cm³/mol. The third-order valence-corrected chi connectivity index (χ3v) is 7.34. The van der Waals surface area contributed by atoms with Gasteiger partial charge in [0.15, 0.2) is 11.6 Å². The van der Waals surface area contributed by atoms with Gasteiger partial charge in [-0.1, -0.05) is 56.7 Å². The van der Waals surface area contributed by atoms with Crippen LogP contribution in [0.25, 0.3) is 0 Å². The minimum absolute atomic E-state index is 0.221. The zero-order chi connectivity index (χ0) is 23.0. The summed E-state index contributed by atoms with van der Waals surface area (Å²) in [5, 5.41) is 10.3. The van der Waals surface area contributed by atoms with Gasteiger partial charge in [-0.15, -0.1) is 0 Å². The Kier molecular flexibility index (Phi) is 8.82. The lowest BCUT2D eigenvalue weighted by atomic mass is 9.60. The van der Waals surface area contributed by atoms with Gasteiger partial charge in [-0.3, -0.25) is 0 Å². The first kappa shape index (κ1) is 24.4. The molecule has 0 radical (unpaired) electrons. The molecule has 2 nitrogen and oxygen atoms in total.